The minimum Gasteiger partial charge on any atom is -0.315 e. The van der Waals surface area contributed by atoms with Gasteiger partial charge >= 0.3 is 0 Å². The second-order valence-electron chi connectivity index (χ2n) is 5.10. The molecule has 1 aromatic rings. The van der Waals surface area contributed by atoms with Gasteiger partial charge in [-0.2, -0.15) is 8.42 Å². The molecule has 0 bridgehead atoms. The molecule has 1 aliphatic carbocycles. The van der Waals surface area contributed by atoms with E-state index >= 15 is 0 Å². The Labute approximate surface area is 112 Å². The summed E-state index contributed by atoms with van der Waals surface area (Å²) in [4.78, 5) is 10.7. The van der Waals surface area contributed by atoms with Crippen molar-refractivity contribution in [2.45, 2.75) is 24.7 Å². The highest BCUT2D eigenvalue weighted by Crippen LogP contribution is 2.39. The normalized spacial score (nSPS) is 20.0. The Morgan fingerprint density at radius 1 is 1.21 bits per heavy atom. The van der Waals surface area contributed by atoms with E-state index in [4.69, 9.17) is 4.55 Å². The van der Waals surface area contributed by atoms with Crippen LogP contribution in [0.2, 0.25) is 0 Å². The van der Waals surface area contributed by atoms with Crippen LogP contribution in [-0.4, -0.2) is 31.8 Å². The average Bonchev–Trinajstić information content (AvgIpc) is 2.25. The highest BCUT2D eigenvalue weighted by molar-refractivity contribution is 7.85. The van der Waals surface area contributed by atoms with Crippen molar-refractivity contribution in [3.05, 3.63) is 29.8 Å². The van der Waals surface area contributed by atoms with E-state index in [1.54, 1.807) is 12.1 Å². The number of carbonyl (C=O) groups is 1. The van der Waals surface area contributed by atoms with Crippen molar-refractivity contribution in [1.29, 1.82) is 0 Å². The summed E-state index contributed by atoms with van der Waals surface area (Å²) in [5.41, 5.74) is 1.11. The Bertz CT molecular complexity index is 568. The van der Waals surface area contributed by atoms with Gasteiger partial charge in [0.2, 0.25) is 0 Å². The molecule has 2 fully saturated rings. The summed E-state index contributed by atoms with van der Waals surface area (Å²) in [6.45, 7) is 3.74. The number of carbonyl (C=O) groups excluding carboxylic acids is 1. The second-order valence-corrected chi connectivity index (χ2v) is 6.52. The molecule has 2 N–H and O–H groups in total. The third kappa shape index (κ3) is 3.02. The largest absolute Gasteiger partial charge is 0.315 e. The lowest BCUT2D eigenvalue weighted by Crippen LogP contribution is -2.63. The van der Waals surface area contributed by atoms with E-state index < -0.39 is 10.1 Å². The van der Waals surface area contributed by atoms with Gasteiger partial charge in [0.15, 0.2) is 0 Å². The van der Waals surface area contributed by atoms with E-state index in [9.17, 15) is 13.2 Å². The third-order valence-corrected chi connectivity index (χ3v) is 4.54. The van der Waals surface area contributed by atoms with Gasteiger partial charge in [0, 0.05) is 19.5 Å². The van der Waals surface area contributed by atoms with Crippen molar-refractivity contribution in [2.24, 2.45) is 5.41 Å². The zero-order valence-electron chi connectivity index (χ0n) is 10.7. The molecule has 1 heterocycles. The molecular formula is C13H17NO4S. The van der Waals surface area contributed by atoms with Crippen LogP contribution in [0.15, 0.2) is 29.2 Å². The van der Waals surface area contributed by atoms with Gasteiger partial charge in [-0.1, -0.05) is 17.7 Å². The molecule has 1 saturated heterocycles. The van der Waals surface area contributed by atoms with E-state index in [2.05, 4.69) is 5.32 Å². The van der Waals surface area contributed by atoms with Crippen LogP contribution in [-0.2, 0) is 14.9 Å². The summed E-state index contributed by atoms with van der Waals surface area (Å²) in [5.74, 6) is 0.483. The van der Waals surface area contributed by atoms with Gasteiger partial charge < -0.3 is 5.32 Å². The van der Waals surface area contributed by atoms with Crippen LogP contribution in [0.25, 0.3) is 0 Å². The number of aryl methyl sites for hydroxylation is 1. The lowest BCUT2D eigenvalue weighted by molar-refractivity contribution is -0.142. The van der Waals surface area contributed by atoms with Crippen molar-refractivity contribution in [3.8, 4) is 0 Å². The number of hydrogen-bond acceptors (Lipinski definition) is 4. The van der Waals surface area contributed by atoms with E-state index in [1.807, 2.05) is 6.92 Å². The van der Waals surface area contributed by atoms with Gasteiger partial charge in [-0.05, 0) is 25.5 Å². The standard InChI is InChI=1S/C7H8O3S.C6H9NO/c1-6-2-4-7(5-3-6)11(8,9)10;8-5-1-2-6(5)3-7-4-6/h2-5H,1H3,(H,8,9,10);7H,1-4H2. The Balaban J connectivity index is 0.000000146. The fourth-order valence-electron chi connectivity index (χ4n) is 2.09. The molecule has 2 aliphatic rings. The zero-order valence-corrected chi connectivity index (χ0v) is 11.5. The van der Waals surface area contributed by atoms with Gasteiger partial charge in [-0.15, -0.1) is 0 Å². The van der Waals surface area contributed by atoms with Crippen LogP contribution in [0.4, 0.5) is 0 Å². The molecular weight excluding hydrogens is 266 g/mol. The summed E-state index contributed by atoms with van der Waals surface area (Å²) in [7, 11) is -4.02. The Morgan fingerprint density at radius 2 is 1.79 bits per heavy atom. The van der Waals surface area contributed by atoms with E-state index in [1.165, 1.54) is 12.1 Å². The molecule has 0 amide bonds. The van der Waals surface area contributed by atoms with Crippen molar-refractivity contribution in [1.82, 2.24) is 5.32 Å². The molecule has 1 aliphatic heterocycles. The van der Waals surface area contributed by atoms with Crippen molar-refractivity contribution >= 4 is 15.9 Å². The summed E-state index contributed by atoms with van der Waals surface area (Å²) in [6, 6.07) is 5.99. The maximum atomic E-state index is 10.8. The number of hydrogen-bond donors (Lipinski definition) is 2. The first-order chi connectivity index (χ1) is 8.83. The first-order valence-corrected chi connectivity index (χ1v) is 7.56. The molecule has 1 saturated carbocycles. The number of ketones is 1. The maximum absolute atomic E-state index is 10.8. The summed E-state index contributed by atoms with van der Waals surface area (Å²) in [5, 5.41) is 3.11. The topological polar surface area (TPSA) is 83.5 Å². The van der Waals surface area contributed by atoms with Crippen LogP contribution in [0, 0.1) is 12.3 Å². The van der Waals surface area contributed by atoms with Gasteiger partial charge in [-0.3, -0.25) is 9.35 Å². The fraction of sp³-hybridized carbons (Fsp3) is 0.462. The van der Waals surface area contributed by atoms with Crippen LogP contribution in [0.5, 0.6) is 0 Å². The van der Waals surface area contributed by atoms with E-state index in [-0.39, 0.29) is 10.3 Å². The molecule has 0 radical (unpaired) electrons. The highest BCUT2D eigenvalue weighted by Gasteiger charge is 2.50. The highest BCUT2D eigenvalue weighted by atomic mass is 32.2. The van der Waals surface area contributed by atoms with Gasteiger partial charge in [0.1, 0.15) is 5.78 Å². The first kappa shape index (κ1) is 14.2. The van der Waals surface area contributed by atoms with Gasteiger partial charge in [0.25, 0.3) is 10.1 Å². The van der Waals surface area contributed by atoms with Crippen molar-refractivity contribution < 1.29 is 17.8 Å². The number of Topliss-reactive ketones (excluding diaryl/α,β-unsaturated/α-hetero) is 1. The van der Waals surface area contributed by atoms with E-state index in [0.29, 0.717) is 5.78 Å². The maximum Gasteiger partial charge on any atom is 0.294 e. The summed E-state index contributed by atoms with van der Waals surface area (Å²) in [6.07, 6.45) is 1.97. The molecule has 1 spiro atoms. The molecule has 5 nitrogen and oxygen atoms in total. The first-order valence-electron chi connectivity index (χ1n) is 6.12. The minimum absolute atomic E-state index is 0.0666. The molecule has 0 unspecified atom stereocenters. The Kier molecular flexibility index (Phi) is 3.75. The molecule has 1 aromatic carbocycles. The number of rotatable bonds is 1. The van der Waals surface area contributed by atoms with E-state index in [0.717, 1.165) is 31.5 Å². The number of nitrogens with one attached hydrogen (secondary N) is 1. The fourth-order valence-corrected chi connectivity index (χ4v) is 2.57. The predicted molar refractivity (Wildman–Crippen MR) is 70.5 cm³/mol. The Morgan fingerprint density at radius 3 is 2.00 bits per heavy atom. The van der Waals surface area contributed by atoms with Crippen LogP contribution in [0.1, 0.15) is 18.4 Å². The smallest absolute Gasteiger partial charge is 0.294 e. The lowest BCUT2D eigenvalue weighted by Gasteiger charge is -2.47. The van der Waals surface area contributed by atoms with Crippen molar-refractivity contribution in [3.63, 3.8) is 0 Å². The van der Waals surface area contributed by atoms with Gasteiger partial charge in [-0.25, -0.2) is 0 Å². The zero-order chi connectivity index (χ0) is 14.1. The molecule has 3 rings (SSSR count). The molecule has 0 atom stereocenters. The predicted octanol–water partition coefficient (Wildman–Crippen LogP) is 1.18. The summed E-state index contributed by atoms with van der Waals surface area (Å²) < 4.78 is 29.6. The monoisotopic (exact) mass is 283 g/mol. The SMILES string of the molecule is Cc1ccc(S(=O)(=O)O)cc1.O=C1CCC12CNC2. The average molecular weight is 283 g/mol. The quantitative estimate of drug-likeness (QED) is 0.756. The lowest BCUT2D eigenvalue weighted by atomic mass is 9.63. The molecule has 104 valence electrons. The molecule has 19 heavy (non-hydrogen) atoms. The molecule has 0 aromatic heterocycles. The second kappa shape index (κ2) is 5.03. The summed E-state index contributed by atoms with van der Waals surface area (Å²) >= 11 is 0. The molecule has 6 heteroatoms. The Hall–Kier alpha value is -1.24. The van der Waals surface area contributed by atoms with Crippen molar-refractivity contribution in [2.75, 3.05) is 13.1 Å². The van der Waals surface area contributed by atoms with Gasteiger partial charge in [0.05, 0.1) is 10.3 Å². The minimum atomic E-state index is -4.02. The third-order valence-electron chi connectivity index (χ3n) is 3.67. The van der Waals surface area contributed by atoms with Crippen LogP contribution in [0.3, 0.4) is 0 Å². The van der Waals surface area contributed by atoms with Crippen LogP contribution >= 0.6 is 0 Å². The number of benzene rings is 1. The van der Waals surface area contributed by atoms with Crippen LogP contribution < -0.4 is 5.32 Å².